The van der Waals surface area contributed by atoms with Crippen molar-refractivity contribution in [1.82, 2.24) is 15.6 Å². The van der Waals surface area contributed by atoms with Crippen molar-refractivity contribution in [2.75, 3.05) is 7.05 Å². The molecule has 0 atom stereocenters. The monoisotopic (exact) mass is 525 g/mol. The van der Waals surface area contributed by atoms with Crippen LogP contribution >= 0.6 is 22.9 Å². The molecule has 2 N–H and O–H groups in total. The number of thiophene rings is 1. The third-order valence-electron chi connectivity index (χ3n) is 7.00. The number of aromatic nitrogens is 1. The van der Waals surface area contributed by atoms with Gasteiger partial charge in [0.15, 0.2) is 0 Å². The SMILES string of the molecule is CNC1CCC(c2cc(F)c3sc(C(=O)NCc4cccc(-c5ccncc5)c4)c(Cl)c3c2F)CC1. The van der Waals surface area contributed by atoms with Gasteiger partial charge in [-0.1, -0.05) is 29.8 Å². The number of halogens is 3. The fraction of sp³-hybridized carbons (Fsp3) is 0.286. The van der Waals surface area contributed by atoms with Crippen molar-refractivity contribution in [2.24, 2.45) is 0 Å². The number of pyridine rings is 1. The lowest BCUT2D eigenvalue weighted by Crippen LogP contribution is -2.29. The van der Waals surface area contributed by atoms with Gasteiger partial charge in [0.25, 0.3) is 5.91 Å². The summed E-state index contributed by atoms with van der Waals surface area (Å²) in [5, 5.41) is 6.09. The first-order valence-corrected chi connectivity index (χ1v) is 13.2. The molecule has 1 saturated carbocycles. The molecule has 0 aliphatic heterocycles. The molecule has 0 radical (unpaired) electrons. The Balaban J connectivity index is 1.37. The minimum absolute atomic E-state index is 0.0113. The van der Waals surface area contributed by atoms with Crippen molar-refractivity contribution < 1.29 is 13.6 Å². The van der Waals surface area contributed by atoms with Gasteiger partial charge in [-0.25, -0.2) is 8.78 Å². The highest BCUT2D eigenvalue weighted by atomic mass is 35.5. The summed E-state index contributed by atoms with van der Waals surface area (Å²) in [6, 6.07) is 13.3. The molecule has 0 saturated heterocycles. The van der Waals surface area contributed by atoms with Gasteiger partial charge in [-0.2, -0.15) is 0 Å². The third kappa shape index (κ3) is 4.88. The van der Waals surface area contributed by atoms with Crippen molar-refractivity contribution in [3.8, 4) is 11.1 Å². The minimum Gasteiger partial charge on any atom is -0.347 e. The number of amides is 1. The van der Waals surface area contributed by atoms with Gasteiger partial charge in [0.05, 0.1) is 15.1 Å². The Labute approximate surface area is 217 Å². The third-order valence-corrected chi connectivity index (χ3v) is 8.68. The van der Waals surface area contributed by atoms with Crippen LogP contribution < -0.4 is 10.6 Å². The average Bonchev–Trinajstić information content (AvgIpc) is 3.28. The van der Waals surface area contributed by atoms with Crippen LogP contribution in [0.2, 0.25) is 5.02 Å². The van der Waals surface area contributed by atoms with E-state index in [-0.39, 0.29) is 32.4 Å². The minimum atomic E-state index is -0.534. The number of fused-ring (bicyclic) bond motifs is 1. The molecule has 8 heteroatoms. The number of rotatable bonds is 6. The van der Waals surface area contributed by atoms with E-state index in [0.29, 0.717) is 11.6 Å². The highest BCUT2D eigenvalue weighted by Gasteiger charge is 2.29. The van der Waals surface area contributed by atoms with Crippen LogP contribution in [-0.2, 0) is 6.54 Å². The smallest absolute Gasteiger partial charge is 0.263 e. The Hall–Kier alpha value is -2.87. The molecule has 0 spiro atoms. The predicted octanol–water partition coefficient (Wildman–Crippen LogP) is 7.07. The Morgan fingerprint density at radius 2 is 1.83 bits per heavy atom. The predicted molar refractivity (Wildman–Crippen MR) is 142 cm³/mol. The van der Waals surface area contributed by atoms with E-state index in [2.05, 4.69) is 15.6 Å². The van der Waals surface area contributed by atoms with E-state index in [1.165, 1.54) is 6.07 Å². The van der Waals surface area contributed by atoms with Crippen LogP contribution in [0.4, 0.5) is 8.78 Å². The van der Waals surface area contributed by atoms with E-state index in [1.807, 2.05) is 43.4 Å². The summed E-state index contributed by atoms with van der Waals surface area (Å²) in [6.07, 6.45) is 6.83. The molecular weight excluding hydrogens is 500 g/mol. The number of carbonyl (C=O) groups excluding carboxylic acids is 1. The fourth-order valence-corrected chi connectivity index (χ4v) is 6.43. The summed E-state index contributed by atoms with van der Waals surface area (Å²) in [5.74, 6) is -1.56. The van der Waals surface area contributed by atoms with E-state index in [1.54, 1.807) is 12.4 Å². The van der Waals surface area contributed by atoms with E-state index >= 15 is 8.78 Å². The van der Waals surface area contributed by atoms with Gasteiger partial charge in [-0.15, -0.1) is 11.3 Å². The maximum atomic E-state index is 15.6. The fourth-order valence-electron chi connectivity index (χ4n) is 4.99. The standard InChI is InChI=1S/C28H26ClF2N3OS/c1-32-20-7-5-18(6-8-20)21-14-22(30)26-23(25(21)31)24(29)27(36-26)28(35)34-15-16-3-2-4-19(13-16)17-9-11-33-12-10-17/h2-4,9-14,18,20,32H,5-8,15H2,1H3,(H,34,35). The van der Waals surface area contributed by atoms with Crippen LogP contribution in [0, 0.1) is 11.6 Å². The zero-order chi connectivity index (χ0) is 25.2. The first-order valence-electron chi connectivity index (χ1n) is 12.0. The molecular formula is C28H26ClF2N3OS. The molecule has 2 aromatic carbocycles. The van der Waals surface area contributed by atoms with E-state index in [0.717, 1.165) is 53.7 Å². The summed E-state index contributed by atoms with van der Waals surface area (Å²) >= 11 is 7.39. The Morgan fingerprint density at radius 3 is 2.56 bits per heavy atom. The van der Waals surface area contributed by atoms with Gasteiger partial charge in [0, 0.05) is 25.0 Å². The zero-order valence-corrected chi connectivity index (χ0v) is 21.4. The lowest BCUT2D eigenvalue weighted by Gasteiger charge is -2.28. The van der Waals surface area contributed by atoms with Crippen LogP contribution in [-0.4, -0.2) is 24.0 Å². The topological polar surface area (TPSA) is 54.0 Å². The van der Waals surface area contributed by atoms with Crippen molar-refractivity contribution in [2.45, 2.75) is 44.2 Å². The molecule has 1 fully saturated rings. The molecule has 2 heterocycles. The summed E-state index contributed by atoms with van der Waals surface area (Å²) in [7, 11) is 1.92. The molecule has 5 rings (SSSR count). The van der Waals surface area contributed by atoms with Crippen LogP contribution in [0.15, 0.2) is 54.9 Å². The number of hydrogen-bond donors (Lipinski definition) is 2. The number of hydrogen-bond acceptors (Lipinski definition) is 4. The second kappa shape index (κ2) is 10.6. The first-order chi connectivity index (χ1) is 17.5. The quantitative estimate of drug-likeness (QED) is 0.283. The highest BCUT2D eigenvalue weighted by molar-refractivity contribution is 7.21. The van der Waals surface area contributed by atoms with Gasteiger partial charge in [-0.3, -0.25) is 9.78 Å². The van der Waals surface area contributed by atoms with E-state index < -0.39 is 17.5 Å². The zero-order valence-electron chi connectivity index (χ0n) is 19.8. The van der Waals surface area contributed by atoms with Crippen LogP contribution in [0.25, 0.3) is 21.2 Å². The van der Waals surface area contributed by atoms with E-state index in [9.17, 15) is 4.79 Å². The van der Waals surface area contributed by atoms with Crippen LogP contribution in [0.3, 0.4) is 0 Å². The van der Waals surface area contributed by atoms with Crippen molar-refractivity contribution >= 4 is 38.9 Å². The Morgan fingerprint density at radius 1 is 1.08 bits per heavy atom. The molecule has 1 aliphatic rings. The van der Waals surface area contributed by atoms with Crippen molar-refractivity contribution in [1.29, 1.82) is 0 Å². The molecule has 2 aromatic heterocycles. The molecule has 1 aliphatic carbocycles. The lowest BCUT2D eigenvalue weighted by atomic mass is 9.81. The summed E-state index contributed by atoms with van der Waals surface area (Å²) in [4.78, 5) is 17.2. The highest BCUT2D eigenvalue weighted by Crippen LogP contribution is 2.43. The van der Waals surface area contributed by atoms with Gasteiger partial charge in [0.1, 0.15) is 16.5 Å². The molecule has 4 nitrogen and oxygen atoms in total. The average molecular weight is 526 g/mol. The second-order valence-electron chi connectivity index (χ2n) is 9.17. The van der Waals surface area contributed by atoms with Gasteiger partial charge < -0.3 is 10.6 Å². The Kier molecular flexibility index (Phi) is 7.32. The Bertz CT molecular complexity index is 1400. The van der Waals surface area contributed by atoms with Gasteiger partial charge in [-0.05, 0) is 85.2 Å². The van der Waals surface area contributed by atoms with Crippen molar-refractivity contribution in [3.05, 3.63) is 87.5 Å². The van der Waals surface area contributed by atoms with Gasteiger partial charge in [0.2, 0.25) is 0 Å². The van der Waals surface area contributed by atoms with Crippen LogP contribution in [0.5, 0.6) is 0 Å². The lowest BCUT2D eigenvalue weighted by molar-refractivity contribution is 0.0955. The molecule has 4 aromatic rings. The summed E-state index contributed by atoms with van der Waals surface area (Å²) in [6.45, 7) is 0.257. The number of nitrogens with zero attached hydrogens (tertiary/aromatic N) is 1. The van der Waals surface area contributed by atoms with Crippen LogP contribution in [0.1, 0.15) is 52.4 Å². The largest absolute Gasteiger partial charge is 0.347 e. The number of nitrogens with one attached hydrogen (secondary N) is 2. The molecule has 36 heavy (non-hydrogen) atoms. The van der Waals surface area contributed by atoms with Gasteiger partial charge >= 0.3 is 0 Å². The van der Waals surface area contributed by atoms with Crippen molar-refractivity contribution in [3.63, 3.8) is 0 Å². The van der Waals surface area contributed by atoms with E-state index in [4.69, 9.17) is 11.6 Å². The maximum Gasteiger partial charge on any atom is 0.263 e. The maximum absolute atomic E-state index is 15.6. The molecule has 0 bridgehead atoms. The molecule has 186 valence electrons. The number of carbonyl (C=O) groups is 1. The molecule has 1 amide bonds. The number of benzene rings is 2. The summed E-state index contributed by atoms with van der Waals surface area (Å²) < 4.78 is 30.8. The normalized spacial score (nSPS) is 17.9. The molecule has 0 unspecified atom stereocenters. The first kappa shape index (κ1) is 24.8. The summed E-state index contributed by atoms with van der Waals surface area (Å²) in [5.41, 5.74) is 3.28. The second-order valence-corrected chi connectivity index (χ2v) is 10.6.